The molecule has 20 heavy (non-hydrogen) atoms. The summed E-state index contributed by atoms with van der Waals surface area (Å²) in [5.41, 5.74) is 0. The Kier molecular flexibility index (Phi) is 5.28. The molecule has 0 aromatic carbocycles. The average Bonchev–Trinajstić information content (AvgIpc) is 2.48. The lowest BCUT2D eigenvalue weighted by Crippen LogP contribution is -2.38. The molecule has 1 saturated heterocycles. The average molecular weight is 296 g/mol. The Balaban J connectivity index is 2.29. The maximum atomic E-state index is 4.66. The first-order chi connectivity index (χ1) is 9.67. The Morgan fingerprint density at radius 1 is 1.30 bits per heavy atom. The molecular formula is C13H24N6S. The van der Waals surface area contributed by atoms with Gasteiger partial charge in [0.2, 0.25) is 17.8 Å². The number of nitrogens with zero attached hydrogens (tertiary/aromatic N) is 5. The van der Waals surface area contributed by atoms with Crippen molar-refractivity contribution < 1.29 is 0 Å². The Hall–Kier alpha value is -1.24. The zero-order chi connectivity index (χ0) is 14.5. The summed E-state index contributed by atoms with van der Waals surface area (Å²) in [7, 11) is 1.85. The van der Waals surface area contributed by atoms with Crippen LogP contribution in [0.5, 0.6) is 0 Å². The lowest BCUT2D eigenvalue weighted by atomic mass is 10.4. The van der Waals surface area contributed by atoms with Crippen LogP contribution in [0.4, 0.5) is 17.8 Å². The minimum absolute atomic E-state index is 0.621. The minimum atomic E-state index is 0.621. The van der Waals surface area contributed by atoms with E-state index in [0.29, 0.717) is 11.2 Å². The number of rotatable bonds is 5. The van der Waals surface area contributed by atoms with Crippen molar-refractivity contribution in [3.8, 4) is 0 Å². The number of hydrogen-bond acceptors (Lipinski definition) is 7. The second-order valence-corrected chi connectivity index (χ2v) is 6.36. The summed E-state index contributed by atoms with van der Waals surface area (Å²) in [6, 6.07) is 0. The van der Waals surface area contributed by atoms with Gasteiger partial charge in [0.1, 0.15) is 0 Å². The fraction of sp³-hybridized carbons (Fsp3) is 0.769. The standard InChI is InChI=1S/C13H24N6S/c1-5-18(6-2)12-15-11(14-4)16-13(17-12)19-7-8-20-10(3)9-19/h10H,5-9H2,1-4H3,(H,14,15,16,17). The molecule has 112 valence electrons. The summed E-state index contributed by atoms with van der Waals surface area (Å²) in [5.74, 6) is 3.32. The largest absolute Gasteiger partial charge is 0.357 e. The first-order valence-corrected chi connectivity index (χ1v) is 8.28. The molecular weight excluding hydrogens is 272 g/mol. The van der Waals surface area contributed by atoms with E-state index in [1.807, 2.05) is 18.8 Å². The van der Waals surface area contributed by atoms with E-state index < -0.39 is 0 Å². The molecule has 0 saturated carbocycles. The quantitative estimate of drug-likeness (QED) is 0.887. The van der Waals surface area contributed by atoms with E-state index in [9.17, 15) is 0 Å². The van der Waals surface area contributed by atoms with E-state index >= 15 is 0 Å². The molecule has 7 heteroatoms. The second kappa shape index (κ2) is 6.97. The number of anilines is 3. The smallest absolute Gasteiger partial charge is 0.232 e. The van der Waals surface area contributed by atoms with E-state index in [1.54, 1.807) is 0 Å². The summed E-state index contributed by atoms with van der Waals surface area (Å²) < 4.78 is 0. The summed E-state index contributed by atoms with van der Waals surface area (Å²) in [4.78, 5) is 18.1. The SMILES string of the molecule is CCN(CC)c1nc(NC)nc(N2CCSC(C)C2)n1. The molecule has 1 N–H and O–H groups in total. The minimum Gasteiger partial charge on any atom is -0.357 e. The number of hydrogen-bond donors (Lipinski definition) is 1. The van der Waals surface area contributed by atoms with Gasteiger partial charge in [0.05, 0.1) is 0 Å². The van der Waals surface area contributed by atoms with Crippen molar-refractivity contribution in [3.63, 3.8) is 0 Å². The summed E-state index contributed by atoms with van der Waals surface area (Å²) in [6.07, 6.45) is 0. The molecule has 0 spiro atoms. The third kappa shape index (κ3) is 3.45. The maximum Gasteiger partial charge on any atom is 0.232 e. The van der Waals surface area contributed by atoms with Gasteiger partial charge in [-0.05, 0) is 13.8 Å². The van der Waals surface area contributed by atoms with Crippen molar-refractivity contribution >= 4 is 29.6 Å². The van der Waals surface area contributed by atoms with Crippen LogP contribution < -0.4 is 15.1 Å². The van der Waals surface area contributed by atoms with Crippen LogP contribution in [0.2, 0.25) is 0 Å². The molecule has 1 fully saturated rings. The van der Waals surface area contributed by atoms with Gasteiger partial charge in [0, 0.05) is 44.2 Å². The van der Waals surface area contributed by atoms with Gasteiger partial charge >= 0.3 is 0 Å². The number of thioether (sulfide) groups is 1. The fourth-order valence-corrected chi connectivity index (χ4v) is 3.27. The van der Waals surface area contributed by atoms with Crippen LogP contribution in [0.3, 0.4) is 0 Å². The molecule has 0 bridgehead atoms. The first-order valence-electron chi connectivity index (χ1n) is 7.23. The summed E-state index contributed by atoms with van der Waals surface area (Å²) in [5, 5.41) is 3.66. The highest BCUT2D eigenvalue weighted by atomic mass is 32.2. The predicted molar refractivity (Wildman–Crippen MR) is 87.1 cm³/mol. The fourth-order valence-electron chi connectivity index (χ4n) is 2.26. The second-order valence-electron chi connectivity index (χ2n) is 4.81. The summed E-state index contributed by atoms with van der Waals surface area (Å²) >= 11 is 2.01. The molecule has 1 aliphatic rings. The van der Waals surface area contributed by atoms with Crippen LogP contribution in [0, 0.1) is 0 Å². The zero-order valence-corrected chi connectivity index (χ0v) is 13.6. The molecule has 0 aliphatic carbocycles. The van der Waals surface area contributed by atoms with Gasteiger partial charge in [-0.2, -0.15) is 26.7 Å². The Morgan fingerprint density at radius 2 is 2.05 bits per heavy atom. The van der Waals surface area contributed by atoms with E-state index in [0.717, 1.165) is 43.8 Å². The monoisotopic (exact) mass is 296 g/mol. The molecule has 1 atom stereocenters. The molecule has 0 radical (unpaired) electrons. The molecule has 1 aliphatic heterocycles. The van der Waals surface area contributed by atoms with Crippen LogP contribution in [0.15, 0.2) is 0 Å². The highest BCUT2D eigenvalue weighted by molar-refractivity contribution is 8.00. The topological polar surface area (TPSA) is 57.2 Å². The number of nitrogens with one attached hydrogen (secondary N) is 1. The van der Waals surface area contributed by atoms with Crippen LogP contribution in [-0.2, 0) is 0 Å². The van der Waals surface area contributed by atoms with Gasteiger partial charge in [-0.15, -0.1) is 0 Å². The molecule has 2 heterocycles. The van der Waals surface area contributed by atoms with Gasteiger partial charge in [-0.25, -0.2) is 0 Å². The van der Waals surface area contributed by atoms with Gasteiger partial charge in [0.25, 0.3) is 0 Å². The Labute approximate surface area is 125 Å². The zero-order valence-electron chi connectivity index (χ0n) is 12.8. The summed E-state index contributed by atoms with van der Waals surface area (Å²) in [6.45, 7) is 10.3. The van der Waals surface area contributed by atoms with E-state index in [-0.39, 0.29) is 0 Å². The van der Waals surface area contributed by atoms with Crippen molar-refractivity contribution in [1.29, 1.82) is 0 Å². The normalized spacial score (nSPS) is 19.0. The predicted octanol–water partition coefficient (Wildman–Crippen LogP) is 1.70. The lowest BCUT2D eigenvalue weighted by Gasteiger charge is -2.31. The van der Waals surface area contributed by atoms with Crippen LogP contribution in [0.25, 0.3) is 0 Å². The van der Waals surface area contributed by atoms with Crippen molar-refractivity contribution in [2.75, 3.05) is 54.1 Å². The molecule has 0 amide bonds. The van der Waals surface area contributed by atoms with Gasteiger partial charge < -0.3 is 15.1 Å². The third-order valence-electron chi connectivity index (χ3n) is 3.41. The molecule has 1 aromatic rings. The highest BCUT2D eigenvalue weighted by Crippen LogP contribution is 2.23. The van der Waals surface area contributed by atoms with Gasteiger partial charge in [0.15, 0.2) is 0 Å². The van der Waals surface area contributed by atoms with Crippen molar-refractivity contribution in [2.24, 2.45) is 0 Å². The van der Waals surface area contributed by atoms with Gasteiger partial charge in [-0.1, -0.05) is 6.92 Å². The maximum absolute atomic E-state index is 4.66. The third-order valence-corrected chi connectivity index (χ3v) is 4.54. The molecule has 2 rings (SSSR count). The van der Waals surface area contributed by atoms with Crippen LogP contribution in [-0.4, -0.2) is 59.2 Å². The number of aromatic nitrogens is 3. The first kappa shape index (κ1) is 15.2. The van der Waals surface area contributed by atoms with Crippen LogP contribution in [0.1, 0.15) is 20.8 Å². The molecule has 1 aromatic heterocycles. The van der Waals surface area contributed by atoms with Crippen molar-refractivity contribution in [3.05, 3.63) is 0 Å². The van der Waals surface area contributed by atoms with Crippen molar-refractivity contribution in [2.45, 2.75) is 26.0 Å². The Bertz CT molecular complexity index is 437. The van der Waals surface area contributed by atoms with E-state index in [4.69, 9.17) is 0 Å². The van der Waals surface area contributed by atoms with E-state index in [1.165, 1.54) is 0 Å². The lowest BCUT2D eigenvalue weighted by molar-refractivity contribution is 0.740. The van der Waals surface area contributed by atoms with Crippen molar-refractivity contribution in [1.82, 2.24) is 15.0 Å². The molecule has 1 unspecified atom stereocenters. The highest BCUT2D eigenvalue weighted by Gasteiger charge is 2.21. The molecule has 6 nitrogen and oxygen atoms in total. The van der Waals surface area contributed by atoms with Crippen LogP contribution >= 0.6 is 11.8 Å². The van der Waals surface area contributed by atoms with Gasteiger partial charge in [-0.3, -0.25) is 0 Å². The van der Waals surface area contributed by atoms with E-state index in [2.05, 4.69) is 50.8 Å². The Morgan fingerprint density at radius 3 is 2.65 bits per heavy atom.